The number of ether oxygens (including phenoxy) is 1. The third-order valence-corrected chi connectivity index (χ3v) is 4.86. The largest absolute Gasteiger partial charge is 0.481 e. The van der Waals surface area contributed by atoms with Crippen molar-refractivity contribution in [2.24, 2.45) is 0 Å². The zero-order valence-electron chi connectivity index (χ0n) is 16.5. The molecular formula is C23H18N6O. The number of H-pyrrole nitrogens is 1. The van der Waals surface area contributed by atoms with Gasteiger partial charge in [-0.2, -0.15) is 5.10 Å². The average molecular weight is 394 g/mol. The van der Waals surface area contributed by atoms with Gasteiger partial charge < -0.3 is 4.74 Å². The summed E-state index contributed by atoms with van der Waals surface area (Å²) in [7, 11) is 1.60. The topological polar surface area (TPSA) is 89.5 Å². The third kappa shape index (κ3) is 3.16. The highest BCUT2D eigenvalue weighted by atomic mass is 16.5. The fourth-order valence-corrected chi connectivity index (χ4v) is 3.41. The van der Waals surface area contributed by atoms with Crippen LogP contribution in [0.3, 0.4) is 0 Å². The number of aromatic amines is 1. The molecule has 5 aromatic rings. The summed E-state index contributed by atoms with van der Waals surface area (Å²) < 4.78 is 5.53. The van der Waals surface area contributed by atoms with Gasteiger partial charge in [0, 0.05) is 35.4 Å². The maximum Gasteiger partial charge on any atom is 0.219 e. The Kier molecular flexibility index (Phi) is 4.40. The zero-order valence-corrected chi connectivity index (χ0v) is 16.5. The molecule has 5 rings (SSSR count). The molecule has 5 aromatic heterocycles. The van der Waals surface area contributed by atoms with E-state index in [2.05, 4.69) is 25.1 Å². The molecule has 0 spiro atoms. The van der Waals surface area contributed by atoms with Crippen molar-refractivity contribution in [1.29, 1.82) is 0 Å². The summed E-state index contributed by atoms with van der Waals surface area (Å²) in [5.41, 5.74) is 7.40. The standard InChI is InChI=1S/C23H18N6O/c1-14-5-3-7-19(26-14)22-21(23(30-2)29-28-22)18-9-8-17-20(27-18)11-16(13-25-17)15-6-4-10-24-12-15/h3-13H,1-2H3,(H,28,29). The first kappa shape index (κ1) is 17.9. The van der Waals surface area contributed by atoms with Crippen molar-refractivity contribution in [3.63, 3.8) is 0 Å². The quantitative estimate of drug-likeness (QED) is 0.484. The van der Waals surface area contributed by atoms with Crippen LogP contribution in [-0.2, 0) is 0 Å². The van der Waals surface area contributed by atoms with Crippen LogP contribution >= 0.6 is 0 Å². The molecule has 1 N–H and O–H groups in total. The molecule has 0 saturated carbocycles. The SMILES string of the molecule is COc1[nH]nc(-c2cccc(C)n2)c1-c1ccc2ncc(-c3cccnc3)cc2n1. The zero-order chi connectivity index (χ0) is 20.5. The van der Waals surface area contributed by atoms with E-state index < -0.39 is 0 Å². The molecular weight excluding hydrogens is 376 g/mol. The predicted octanol–water partition coefficient (Wildman–Crippen LogP) is 4.46. The Morgan fingerprint density at radius 1 is 0.867 bits per heavy atom. The fraction of sp³-hybridized carbons (Fsp3) is 0.0870. The summed E-state index contributed by atoms with van der Waals surface area (Å²) in [5, 5.41) is 7.39. The van der Waals surface area contributed by atoms with Crippen LogP contribution in [0.15, 0.2) is 67.1 Å². The van der Waals surface area contributed by atoms with Gasteiger partial charge in [-0.25, -0.2) is 10.1 Å². The number of methoxy groups -OCH3 is 1. The second kappa shape index (κ2) is 7.36. The molecule has 0 aliphatic heterocycles. The van der Waals surface area contributed by atoms with E-state index in [1.165, 1.54) is 0 Å². The van der Waals surface area contributed by atoms with E-state index in [9.17, 15) is 0 Å². The van der Waals surface area contributed by atoms with Gasteiger partial charge in [0.25, 0.3) is 0 Å². The molecule has 0 bridgehead atoms. The van der Waals surface area contributed by atoms with E-state index in [1.807, 2.05) is 67.8 Å². The molecule has 7 heteroatoms. The van der Waals surface area contributed by atoms with Crippen molar-refractivity contribution in [1.82, 2.24) is 30.1 Å². The normalized spacial score (nSPS) is 11.0. The third-order valence-electron chi connectivity index (χ3n) is 4.86. The van der Waals surface area contributed by atoms with Gasteiger partial charge in [-0.3, -0.25) is 15.0 Å². The second-order valence-electron chi connectivity index (χ2n) is 6.85. The van der Waals surface area contributed by atoms with E-state index in [0.717, 1.165) is 44.8 Å². The Bertz CT molecular complexity index is 1350. The Hall–Kier alpha value is -4.13. The van der Waals surface area contributed by atoms with Crippen molar-refractivity contribution in [2.75, 3.05) is 7.11 Å². The molecule has 7 nitrogen and oxygen atoms in total. The number of fused-ring (bicyclic) bond motifs is 1. The van der Waals surface area contributed by atoms with Gasteiger partial charge in [-0.15, -0.1) is 0 Å². The number of aryl methyl sites for hydroxylation is 1. The lowest BCUT2D eigenvalue weighted by Gasteiger charge is -2.07. The molecule has 0 saturated heterocycles. The maximum absolute atomic E-state index is 5.53. The van der Waals surface area contributed by atoms with Gasteiger partial charge in [0.2, 0.25) is 5.88 Å². The second-order valence-corrected chi connectivity index (χ2v) is 6.85. The number of aromatic nitrogens is 6. The lowest BCUT2D eigenvalue weighted by atomic mass is 10.1. The number of nitrogens with one attached hydrogen (secondary N) is 1. The van der Waals surface area contributed by atoms with Crippen molar-refractivity contribution in [3.05, 3.63) is 72.8 Å². The highest BCUT2D eigenvalue weighted by molar-refractivity contribution is 5.87. The molecule has 0 aromatic carbocycles. The van der Waals surface area contributed by atoms with E-state index in [4.69, 9.17) is 9.72 Å². The monoisotopic (exact) mass is 394 g/mol. The minimum absolute atomic E-state index is 0.538. The van der Waals surface area contributed by atoms with Crippen molar-refractivity contribution in [2.45, 2.75) is 6.92 Å². The summed E-state index contributed by atoms with van der Waals surface area (Å²) in [4.78, 5) is 18.2. The van der Waals surface area contributed by atoms with Crippen molar-refractivity contribution in [3.8, 4) is 39.7 Å². The van der Waals surface area contributed by atoms with Crippen LogP contribution in [0.5, 0.6) is 5.88 Å². The van der Waals surface area contributed by atoms with Gasteiger partial charge in [0.1, 0.15) is 5.69 Å². The highest BCUT2D eigenvalue weighted by Crippen LogP contribution is 2.36. The molecule has 146 valence electrons. The summed E-state index contributed by atoms with van der Waals surface area (Å²) in [6.45, 7) is 1.95. The molecule has 0 atom stereocenters. The van der Waals surface area contributed by atoms with Crippen LogP contribution in [-0.4, -0.2) is 37.2 Å². The first-order valence-electron chi connectivity index (χ1n) is 9.47. The Morgan fingerprint density at radius 3 is 2.60 bits per heavy atom. The van der Waals surface area contributed by atoms with Gasteiger partial charge >= 0.3 is 0 Å². The summed E-state index contributed by atoms with van der Waals surface area (Å²) in [6.07, 6.45) is 5.40. The molecule has 0 aliphatic rings. The molecule has 30 heavy (non-hydrogen) atoms. The number of pyridine rings is 4. The Morgan fingerprint density at radius 2 is 1.80 bits per heavy atom. The number of hydrogen-bond acceptors (Lipinski definition) is 6. The van der Waals surface area contributed by atoms with Gasteiger partial charge in [-0.1, -0.05) is 12.1 Å². The van der Waals surface area contributed by atoms with Gasteiger partial charge in [0.15, 0.2) is 0 Å². The summed E-state index contributed by atoms with van der Waals surface area (Å²) in [5.74, 6) is 0.538. The van der Waals surface area contributed by atoms with Crippen LogP contribution in [0.25, 0.3) is 44.8 Å². The summed E-state index contributed by atoms with van der Waals surface area (Å²) in [6, 6.07) is 15.6. The van der Waals surface area contributed by atoms with E-state index in [0.29, 0.717) is 11.6 Å². The van der Waals surface area contributed by atoms with E-state index in [1.54, 1.807) is 13.3 Å². The first-order chi connectivity index (χ1) is 14.7. The number of hydrogen-bond donors (Lipinski definition) is 1. The lowest BCUT2D eigenvalue weighted by Crippen LogP contribution is -1.93. The maximum atomic E-state index is 5.53. The van der Waals surface area contributed by atoms with Crippen LogP contribution in [0.1, 0.15) is 5.69 Å². The van der Waals surface area contributed by atoms with Gasteiger partial charge in [0.05, 0.1) is 35.1 Å². The molecule has 0 radical (unpaired) electrons. The fourth-order valence-electron chi connectivity index (χ4n) is 3.41. The van der Waals surface area contributed by atoms with E-state index in [-0.39, 0.29) is 0 Å². The smallest absolute Gasteiger partial charge is 0.219 e. The molecule has 0 fully saturated rings. The van der Waals surface area contributed by atoms with Gasteiger partial charge in [-0.05, 0) is 43.3 Å². The number of rotatable bonds is 4. The minimum atomic E-state index is 0.538. The average Bonchev–Trinajstić information content (AvgIpc) is 3.23. The molecule has 5 heterocycles. The molecule has 0 amide bonds. The number of nitrogens with zero attached hydrogens (tertiary/aromatic N) is 5. The summed E-state index contributed by atoms with van der Waals surface area (Å²) >= 11 is 0. The predicted molar refractivity (Wildman–Crippen MR) is 115 cm³/mol. The van der Waals surface area contributed by atoms with Crippen LogP contribution in [0.2, 0.25) is 0 Å². The Balaban J connectivity index is 1.67. The van der Waals surface area contributed by atoms with Crippen LogP contribution < -0.4 is 4.74 Å². The molecule has 0 aliphatic carbocycles. The van der Waals surface area contributed by atoms with Crippen molar-refractivity contribution < 1.29 is 4.74 Å². The van der Waals surface area contributed by atoms with Crippen LogP contribution in [0.4, 0.5) is 0 Å². The highest BCUT2D eigenvalue weighted by Gasteiger charge is 2.20. The minimum Gasteiger partial charge on any atom is -0.481 e. The lowest BCUT2D eigenvalue weighted by molar-refractivity contribution is 0.398. The van der Waals surface area contributed by atoms with Crippen molar-refractivity contribution >= 4 is 11.0 Å². The molecule has 0 unspecified atom stereocenters. The first-order valence-corrected chi connectivity index (χ1v) is 9.47. The van der Waals surface area contributed by atoms with Crippen LogP contribution in [0, 0.1) is 6.92 Å². The Labute approximate surface area is 172 Å². The van der Waals surface area contributed by atoms with E-state index >= 15 is 0 Å².